The van der Waals surface area contributed by atoms with Gasteiger partial charge in [-0.25, -0.2) is 0 Å². The summed E-state index contributed by atoms with van der Waals surface area (Å²) in [5.74, 6) is 1.18. The number of ether oxygens (including phenoxy) is 3. The summed E-state index contributed by atoms with van der Waals surface area (Å²) >= 11 is 5.93. The summed E-state index contributed by atoms with van der Waals surface area (Å²) in [6.45, 7) is 0. The van der Waals surface area contributed by atoms with Gasteiger partial charge in [-0.15, -0.1) is 0 Å². The van der Waals surface area contributed by atoms with Gasteiger partial charge in [0.1, 0.15) is 5.75 Å². The fourth-order valence-electron chi connectivity index (χ4n) is 2.09. The molecule has 0 amide bonds. The van der Waals surface area contributed by atoms with E-state index in [-0.39, 0.29) is 5.78 Å². The molecule has 5 heteroatoms. The van der Waals surface area contributed by atoms with Crippen molar-refractivity contribution in [2.24, 2.45) is 0 Å². The largest absolute Gasteiger partial charge is 0.496 e. The third-order valence-electron chi connectivity index (χ3n) is 3.25. The zero-order valence-corrected chi connectivity index (χ0v) is 13.9. The first-order chi connectivity index (χ1) is 11.1. The van der Waals surface area contributed by atoms with Crippen molar-refractivity contribution in [2.75, 3.05) is 21.3 Å². The van der Waals surface area contributed by atoms with Gasteiger partial charge in [0.15, 0.2) is 17.3 Å². The van der Waals surface area contributed by atoms with E-state index in [4.69, 9.17) is 25.8 Å². The van der Waals surface area contributed by atoms with Crippen molar-refractivity contribution in [1.29, 1.82) is 0 Å². The minimum Gasteiger partial charge on any atom is -0.496 e. The minimum atomic E-state index is -0.206. The summed E-state index contributed by atoms with van der Waals surface area (Å²) in [5, 5.41) is 0.614. The Morgan fingerprint density at radius 2 is 1.61 bits per heavy atom. The van der Waals surface area contributed by atoms with Crippen molar-refractivity contribution in [2.45, 2.75) is 0 Å². The minimum absolute atomic E-state index is 0.206. The fraction of sp³-hybridized carbons (Fsp3) is 0.167. The van der Waals surface area contributed by atoms with E-state index in [0.29, 0.717) is 27.8 Å². The van der Waals surface area contributed by atoms with Crippen molar-refractivity contribution in [3.8, 4) is 17.2 Å². The number of hydrogen-bond acceptors (Lipinski definition) is 4. The highest BCUT2D eigenvalue weighted by atomic mass is 35.5. The van der Waals surface area contributed by atoms with E-state index in [9.17, 15) is 4.79 Å². The average Bonchev–Trinajstić information content (AvgIpc) is 2.58. The normalized spacial score (nSPS) is 10.6. The van der Waals surface area contributed by atoms with Crippen LogP contribution in [0, 0.1) is 0 Å². The van der Waals surface area contributed by atoms with Crippen molar-refractivity contribution >= 4 is 23.5 Å². The van der Waals surface area contributed by atoms with Crippen LogP contribution in [0.2, 0.25) is 5.02 Å². The molecule has 0 atom stereocenters. The second-order valence-corrected chi connectivity index (χ2v) is 5.10. The number of hydrogen-bond donors (Lipinski definition) is 0. The molecule has 0 saturated carbocycles. The highest BCUT2D eigenvalue weighted by Crippen LogP contribution is 2.35. The predicted octanol–water partition coefficient (Wildman–Crippen LogP) is 4.26. The molecule has 2 aromatic rings. The van der Waals surface area contributed by atoms with E-state index in [1.807, 2.05) is 12.1 Å². The summed E-state index contributed by atoms with van der Waals surface area (Å²) in [5.41, 5.74) is 1.23. The van der Waals surface area contributed by atoms with Crippen molar-refractivity contribution in [3.63, 3.8) is 0 Å². The van der Waals surface area contributed by atoms with Crippen LogP contribution in [-0.2, 0) is 0 Å². The molecule has 2 aromatic carbocycles. The molecule has 2 rings (SSSR count). The van der Waals surface area contributed by atoms with Gasteiger partial charge in [-0.2, -0.15) is 0 Å². The Hall–Kier alpha value is -2.46. The predicted molar refractivity (Wildman–Crippen MR) is 90.9 cm³/mol. The maximum atomic E-state index is 12.5. The van der Waals surface area contributed by atoms with Gasteiger partial charge in [0.05, 0.1) is 26.9 Å². The first-order valence-corrected chi connectivity index (χ1v) is 7.24. The molecule has 0 aliphatic carbocycles. The molecule has 0 heterocycles. The number of benzene rings is 2. The molecule has 0 aromatic heterocycles. The molecule has 0 bridgehead atoms. The van der Waals surface area contributed by atoms with Crippen LogP contribution in [0.1, 0.15) is 15.9 Å². The number of ketones is 1. The van der Waals surface area contributed by atoms with Crippen LogP contribution in [-0.4, -0.2) is 27.1 Å². The lowest BCUT2D eigenvalue weighted by molar-refractivity contribution is 0.104. The van der Waals surface area contributed by atoms with Crippen molar-refractivity contribution in [3.05, 3.63) is 58.6 Å². The summed E-state index contributed by atoms with van der Waals surface area (Å²) in [6, 6.07) is 10.5. The Bertz CT molecular complexity index is 738. The standard InChI is InChI=1S/C18H17ClO4/c1-21-16-11-18(23-3)17(22-2)10-14(16)15(20)8-7-12-5-4-6-13(19)9-12/h4-11H,1-3H3/b8-7+. The quantitative estimate of drug-likeness (QED) is 0.585. The van der Waals surface area contributed by atoms with Gasteiger partial charge in [-0.3, -0.25) is 4.79 Å². The van der Waals surface area contributed by atoms with Crippen LogP contribution in [0.5, 0.6) is 17.2 Å². The van der Waals surface area contributed by atoms with Gasteiger partial charge in [0.25, 0.3) is 0 Å². The van der Waals surface area contributed by atoms with E-state index in [1.165, 1.54) is 27.4 Å². The molecule has 4 nitrogen and oxygen atoms in total. The Kier molecular flexibility index (Phi) is 5.66. The highest BCUT2D eigenvalue weighted by molar-refractivity contribution is 6.30. The van der Waals surface area contributed by atoms with Gasteiger partial charge < -0.3 is 14.2 Å². The molecule has 0 saturated heterocycles. The van der Waals surface area contributed by atoms with Gasteiger partial charge in [-0.05, 0) is 29.8 Å². The van der Waals surface area contributed by atoms with Crippen molar-refractivity contribution in [1.82, 2.24) is 0 Å². The Morgan fingerprint density at radius 3 is 2.22 bits per heavy atom. The van der Waals surface area contributed by atoms with E-state index in [2.05, 4.69) is 0 Å². The van der Waals surface area contributed by atoms with Crippen LogP contribution in [0.4, 0.5) is 0 Å². The van der Waals surface area contributed by atoms with Gasteiger partial charge in [-0.1, -0.05) is 29.8 Å². The highest BCUT2D eigenvalue weighted by Gasteiger charge is 2.15. The van der Waals surface area contributed by atoms with Gasteiger partial charge in [0, 0.05) is 11.1 Å². The summed E-state index contributed by atoms with van der Waals surface area (Å²) in [4.78, 5) is 12.5. The second kappa shape index (κ2) is 7.70. The number of halogens is 1. The molecular weight excluding hydrogens is 316 g/mol. The van der Waals surface area contributed by atoms with Gasteiger partial charge >= 0.3 is 0 Å². The maximum Gasteiger partial charge on any atom is 0.189 e. The third kappa shape index (κ3) is 4.05. The number of carbonyl (C=O) groups is 1. The number of carbonyl (C=O) groups excluding carboxylic acids is 1. The number of methoxy groups -OCH3 is 3. The number of allylic oxidation sites excluding steroid dienone is 1. The maximum absolute atomic E-state index is 12.5. The van der Waals surface area contributed by atoms with Gasteiger partial charge in [0.2, 0.25) is 0 Å². The second-order valence-electron chi connectivity index (χ2n) is 4.66. The van der Waals surface area contributed by atoms with E-state index >= 15 is 0 Å². The SMILES string of the molecule is COc1cc(OC)c(C(=O)/C=C/c2cccc(Cl)c2)cc1OC. The van der Waals surface area contributed by atoms with E-state index < -0.39 is 0 Å². The lowest BCUT2D eigenvalue weighted by Gasteiger charge is -2.12. The molecule has 0 radical (unpaired) electrons. The zero-order chi connectivity index (χ0) is 16.8. The first-order valence-electron chi connectivity index (χ1n) is 6.87. The lowest BCUT2D eigenvalue weighted by atomic mass is 10.1. The molecule has 23 heavy (non-hydrogen) atoms. The summed E-state index contributed by atoms with van der Waals surface area (Å²) < 4.78 is 15.7. The lowest BCUT2D eigenvalue weighted by Crippen LogP contribution is -2.01. The first kappa shape index (κ1) is 16.9. The Morgan fingerprint density at radius 1 is 0.957 bits per heavy atom. The molecule has 0 fully saturated rings. The molecule has 120 valence electrons. The molecular formula is C18H17ClO4. The molecule has 0 spiro atoms. The topological polar surface area (TPSA) is 44.8 Å². The zero-order valence-electron chi connectivity index (χ0n) is 13.1. The van der Waals surface area contributed by atoms with Crippen LogP contribution in [0.3, 0.4) is 0 Å². The molecule has 0 unspecified atom stereocenters. The van der Waals surface area contributed by atoms with Crippen LogP contribution < -0.4 is 14.2 Å². The summed E-state index contributed by atoms with van der Waals surface area (Å²) in [6.07, 6.45) is 3.17. The monoisotopic (exact) mass is 332 g/mol. The molecule has 0 aliphatic heterocycles. The van der Waals surface area contributed by atoms with Crippen LogP contribution >= 0.6 is 11.6 Å². The Labute approximate surface area is 140 Å². The van der Waals surface area contributed by atoms with Crippen LogP contribution in [0.25, 0.3) is 6.08 Å². The molecule has 0 N–H and O–H groups in total. The number of rotatable bonds is 6. The average molecular weight is 333 g/mol. The summed E-state index contributed by atoms with van der Waals surface area (Å²) in [7, 11) is 4.54. The smallest absolute Gasteiger partial charge is 0.189 e. The third-order valence-corrected chi connectivity index (χ3v) is 3.48. The molecule has 0 aliphatic rings. The van der Waals surface area contributed by atoms with Crippen LogP contribution in [0.15, 0.2) is 42.5 Å². The Balaban J connectivity index is 2.34. The van der Waals surface area contributed by atoms with E-state index in [1.54, 1.807) is 30.3 Å². The van der Waals surface area contributed by atoms with Crippen molar-refractivity contribution < 1.29 is 19.0 Å². The fourth-order valence-corrected chi connectivity index (χ4v) is 2.29. The van der Waals surface area contributed by atoms with E-state index in [0.717, 1.165) is 5.56 Å².